The summed E-state index contributed by atoms with van der Waals surface area (Å²) in [6.07, 6.45) is 0.588. The molecule has 1 amide bonds. The highest BCUT2D eigenvalue weighted by molar-refractivity contribution is 7.10. The number of hydrogen-bond donors (Lipinski definition) is 0. The molecule has 1 fully saturated rings. The van der Waals surface area contributed by atoms with Crippen LogP contribution in [0, 0.1) is 6.92 Å². The van der Waals surface area contributed by atoms with Gasteiger partial charge in [0.15, 0.2) is 0 Å². The van der Waals surface area contributed by atoms with E-state index >= 15 is 0 Å². The summed E-state index contributed by atoms with van der Waals surface area (Å²) >= 11 is 7.84. The van der Waals surface area contributed by atoms with E-state index < -0.39 is 0 Å². The van der Waals surface area contributed by atoms with E-state index in [1.54, 1.807) is 11.3 Å². The highest BCUT2D eigenvalue weighted by Crippen LogP contribution is 2.20. The molecule has 0 N–H and O–H groups in total. The summed E-state index contributed by atoms with van der Waals surface area (Å²) in [5.74, 6) is 0.232. The van der Waals surface area contributed by atoms with E-state index in [1.165, 1.54) is 10.4 Å². The molecule has 1 aliphatic rings. The van der Waals surface area contributed by atoms with E-state index in [2.05, 4.69) is 23.3 Å². The van der Waals surface area contributed by atoms with E-state index in [4.69, 9.17) is 11.6 Å². The maximum absolute atomic E-state index is 12.4. The molecule has 0 unspecified atom stereocenters. The van der Waals surface area contributed by atoms with Crippen molar-refractivity contribution in [3.63, 3.8) is 0 Å². The number of rotatable bonds is 4. The van der Waals surface area contributed by atoms with Crippen molar-refractivity contribution in [1.29, 1.82) is 0 Å². The Morgan fingerprint density at radius 3 is 2.78 bits per heavy atom. The smallest absolute Gasteiger partial charge is 0.224 e. The number of amides is 1. The predicted octanol–water partition coefficient (Wildman–Crippen LogP) is 3.94. The van der Waals surface area contributed by atoms with Gasteiger partial charge in [-0.25, -0.2) is 0 Å². The van der Waals surface area contributed by atoms with Crippen molar-refractivity contribution in [3.8, 4) is 0 Å². The van der Waals surface area contributed by atoms with E-state index in [9.17, 15) is 4.79 Å². The van der Waals surface area contributed by atoms with Gasteiger partial charge in [-0.3, -0.25) is 9.69 Å². The Balaban J connectivity index is 1.62. The minimum Gasteiger partial charge on any atom is -0.337 e. The van der Waals surface area contributed by atoms with Crippen LogP contribution < -0.4 is 0 Å². The number of hydrogen-bond acceptors (Lipinski definition) is 3. The van der Waals surface area contributed by atoms with Gasteiger partial charge in [-0.15, -0.1) is 11.3 Å². The van der Waals surface area contributed by atoms with Crippen LogP contribution in [0.1, 0.15) is 22.4 Å². The summed E-state index contributed by atoms with van der Waals surface area (Å²) in [4.78, 5) is 18.1. The Kier molecular flexibility index (Phi) is 5.36. The van der Waals surface area contributed by atoms with E-state index in [-0.39, 0.29) is 5.91 Å². The fourth-order valence-electron chi connectivity index (χ4n) is 2.86. The van der Waals surface area contributed by atoms with Gasteiger partial charge in [-0.1, -0.05) is 23.7 Å². The van der Waals surface area contributed by atoms with Gasteiger partial charge in [-0.05, 0) is 41.6 Å². The second kappa shape index (κ2) is 7.47. The maximum Gasteiger partial charge on any atom is 0.224 e. The second-order valence-corrected chi connectivity index (χ2v) is 7.44. The molecule has 0 radical (unpaired) electrons. The number of thiophene rings is 1. The lowest BCUT2D eigenvalue weighted by Gasteiger charge is -2.22. The molecule has 3 rings (SSSR count). The number of nitrogens with zero attached hydrogens (tertiary/aromatic N) is 2. The lowest BCUT2D eigenvalue weighted by Crippen LogP contribution is -2.32. The van der Waals surface area contributed by atoms with Gasteiger partial charge in [0.05, 0.1) is 0 Å². The van der Waals surface area contributed by atoms with Gasteiger partial charge in [-0.2, -0.15) is 0 Å². The number of benzene rings is 1. The lowest BCUT2D eigenvalue weighted by atomic mass is 10.2. The number of carbonyl (C=O) groups is 1. The minimum atomic E-state index is 0.232. The van der Waals surface area contributed by atoms with Gasteiger partial charge < -0.3 is 4.90 Å². The van der Waals surface area contributed by atoms with Crippen LogP contribution >= 0.6 is 22.9 Å². The van der Waals surface area contributed by atoms with Gasteiger partial charge in [0.1, 0.15) is 0 Å². The zero-order valence-electron chi connectivity index (χ0n) is 13.3. The normalized spacial score (nSPS) is 16.6. The largest absolute Gasteiger partial charge is 0.337 e. The van der Waals surface area contributed by atoms with Crippen molar-refractivity contribution in [2.24, 2.45) is 0 Å². The standard InChI is InChI=1S/C18H21ClN2OS/c1-14-6-10-23-17(14)13-20-7-5-18(22)21(9-8-20)12-15-3-2-4-16(19)11-15/h2-4,6,10-11H,5,7-9,12-13H2,1H3. The fraction of sp³-hybridized carbons (Fsp3) is 0.389. The van der Waals surface area contributed by atoms with Gasteiger partial charge in [0, 0.05) is 49.0 Å². The molecular formula is C18H21ClN2OS. The molecular weight excluding hydrogens is 328 g/mol. The maximum atomic E-state index is 12.4. The van der Waals surface area contributed by atoms with Crippen LogP contribution in [-0.4, -0.2) is 35.3 Å². The molecule has 23 heavy (non-hydrogen) atoms. The summed E-state index contributed by atoms with van der Waals surface area (Å²) in [7, 11) is 0. The molecule has 122 valence electrons. The van der Waals surface area contributed by atoms with Crippen LogP contribution in [0.3, 0.4) is 0 Å². The van der Waals surface area contributed by atoms with Gasteiger partial charge in [0.25, 0.3) is 0 Å². The van der Waals surface area contributed by atoms with Gasteiger partial charge >= 0.3 is 0 Å². The summed E-state index contributed by atoms with van der Waals surface area (Å²) in [6.45, 7) is 6.27. The quantitative estimate of drug-likeness (QED) is 0.835. The average Bonchev–Trinajstić information content (AvgIpc) is 2.84. The van der Waals surface area contributed by atoms with Crippen LogP contribution in [0.15, 0.2) is 35.7 Å². The van der Waals surface area contributed by atoms with Crippen molar-refractivity contribution in [1.82, 2.24) is 9.80 Å². The topological polar surface area (TPSA) is 23.6 Å². The Hall–Kier alpha value is -1.36. The molecule has 1 aromatic carbocycles. The Bertz CT molecular complexity index is 685. The van der Waals surface area contributed by atoms with Crippen molar-refractivity contribution >= 4 is 28.8 Å². The SMILES string of the molecule is Cc1ccsc1CN1CCC(=O)N(Cc2cccc(Cl)c2)CC1. The molecule has 5 heteroatoms. The monoisotopic (exact) mass is 348 g/mol. The molecule has 0 aliphatic carbocycles. The van der Waals surface area contributed by atoms with Crippen LogP contribution in [0.5, 0.6) is 0 Å². The van der Waals surface area contributed by atoms with Crippen LogP contribution in [0.4, 0.5) is 0 Å². The fourth-order valence-corrected chi connectivity index (χ4v) is 4.02. The first-order valence-electron chi connectivity index (χ1n) is 7.89. The molecule has 0 saturated carbocycles. The first-order chi connectivity index (χ1) is 11.1. The highest BCUT2D eigenvalue weighted by Gasteiger charge is 2.21. The van der Waals surface area contributed by atoms with Crippen molar-refractivity contribution in [3.05, 3.63) is 56.7 Å². The Morgan fingerprint density at radius 1 is 1.17 bits per heavy atom. The molecule has 2 aromatic rings. The number of carbonyl (C=O) groups excluding carboxylic acids is 1. The zero-order valence-corrected chi connectivity index (χ0v) is 14.9. The van der Waals surface area contributed by atoms with E-state index in [0.29, 0.717) is 13.0 Å². The number of aryl methyl sites for hydroxylation is 1. The van der Waals surface area contributed by atoms with Crippen LogP contribution in [0.25, 0.3) is 0 Å². The van der Waals surface area contributed by atoms with Crippen molar-refractivity contribution in [2.75, 3.05) is 19.6 Å². The van der Waals surface area contributed by atoms with Crippen molar-refractivity contribution in [2.45, 2.75) is 26.4 Å². The first-order valence-corrected chi connectivity index (χ1v) is 9.15. The third-order valence-corrected chi connectivity index (χ3v) is 5.52. The first kappa shape index (κ1) is 16.5. The Labute approximate surface area is 146 Å². The van der Waals surface area contributed by atoms with Crippen LogP contribution in [0.2, 0.25) is 5.02 Å². The predicted molar refractivity (Wildman–Crippen MR) is 95.8 cm³/mol. The third kappa shape index (κ3) is 4.34. The van der Waals surface area contributed by atoms with Crippen LogP contribution in [-0.2, 0) is 17.9 Å². The average molecular weight is 349 g/mol. The van der Waals surface area contributed by atoms with E-state index in [0.717, 1.165) is 36.8 Å². The zero-order chi connectivity index (χ0) is 16.2. The second-order valence-electron chi connectivity index (χ2n) is 6.00. The molecule has 0 bridgehead atoms. The molecule has 0 spiro atoms. The summed E-state index contributed by atoms with van der Waals surface area (Å²) < 4.78 is 0. The van der Waals surface area contributed by atoms with E-state index in [1.807, 2.05) is 29.2 Å². The molecule has 1 aliphatic heterocycles. The number of halogens is 1. The molecule has 0 atom stereocenters. The minimum absolute atomic E-state index is 0.232. The molecule has 3 nitrogen and oxygen atoms in total. The van der Waals surface area contributed by atoms with Crippen molar-refractivity contribution < 1.29 is 4.79 Å². The molecule has 2 heterocycles. The Morgan fingerprint density at radius 2 is 2.04 bits per heavy atom. The third-order valence-electron chi connectivity index (χ3n) is 4.28. The molecule has 1 aromatic heterocycles. The summed E-state index contributed by atoms with van der Waals surface area (Å²) in [6, 6.07) is 9.92. The molecule has 1 saturated heterocycles. The highest BCUT2D eigenvalue weighted by atomic mass is 35.5. The lowest BCUT2D eigenvalue weighted by molar-refractivity contribution is -0.130. The summed E-state index contributed by atoms with van der Waals surface area (Å²) in [5, 5.41) is 2.86. The van der Waals surface area contributed by atoms with Gasteiger partial charge in [0.2, 0.25) is 5.91 Å². The summed E-state index contributed by atoms with van der Waals surface area (Å²) in [5.41, 5.74) is 2.44.